The summed E-state index contributed by atoms with van der Waals surface area (Å²) >= 11 is 0. The molecule has 0 radical (unpaired) electrons. The summed E-state index contributed by atoms with van der Waals surface area (Å²) in [7, 11) is 0. The number of carbonyl (C=O) groups is 4. The Hall–Kier alpha value is -2.90. The number of amides is 5. The molecule has 0 bridgehead atoms. The van der Waals surface area contributed by atoms with E-state index in [1.807, 2.05) is 32.0 Å². The summed E-state index contributed by atoms with van der Waals surface area (Å²) in [6.45, 7) is 5.08. The lowest BCUT2D eigenvalue weighted by molar-refractivity contribution is -0.145. The predicted octanol–water partition coefficient (Wildman–Crippen LogP) is 0.419. The van der Waals surface area contributed by atoms with Crippen molar-refractivity contribution in [1.82, 2.24) is 15.1 Å². The zero-order chi connectivity index (χ0) is 19.3. The minimum atomic E-state index is -0.394. The molecule has 3 aliphatic heterocycles. The lowest BCUT2D eigenvalue weighted by Crippen LogP contribution is -2.63. The molecule has 0 aromatic heterocycles. The van der Waals surface area contributed by atoms with Crippen molar-refractivity contribution < 1.29 is 19.2 Å². The van der Waals surface area contributed by atoms with E-state index in [1.54, 1.807) is 9.80 Å². The summed E-state index contributed by atoms with van der Waals surface area (Å²) in [6.07, 6.45) is 0.191. The second kappa shape index (κ2) is 6.37. The van der Waals surface area contributed by atoms with Gasteiger partial charge in [-0.2, -0.15) is 0 Å². The predicted molar refractivity (Wildman–Crippen MR) is 97.0 cm³/mol. The van der Waals surface area contributed by atoms with Crippen LogP contribution in [-0.4, -0.2) is 65.8 Å². The molecule has 4 rings (SSSR count). The van der Waals surface area contributed by atoms with Crippen LogP contribution in [0.5, 0.6) is 0 Å². The van der Waals surface area contributed by atoms with E-state index in [2.05, 4.69) is 5.32 Å². The number of urea groups is 1. The van der Waals surface area contributed by atoms with Gasteiger partial charge in [-0.15, -0.1) is 0 Å². The minimum Gasteiger partial charge on any atom is -0.338 e. The highest BCUT2D eigenvalue weighted by Gasteiger charge is 2.46. The van der Waals surface area contributed by atoms with Crippen LogP contribution in [0.15, 0.2) is 18.2 Å². The summed E-state index contributed by atoms with van der Waals surface area (Å²) in [4.78, 5) is 53.1. The molecule has 0 saturated carbocycles. The van der Waals surface area contributed by atoms with Gasteiger partial charge >= 0.3 is 6.03 Å². The van der Waals surface area contributed by atoms with Crippen LogP contribution >= 0.6 is 0 Å². The van der Waals surface area contributed by atoms with E-state index in [0.29, 0.717) is 19.6 Å². The molecule has 3 heterocycles. The standard InChI is InChI=1S/C19H22N4O4/c1-11-3-4-14(5-12(11)2)22-8-13(6-16(22)24)18(26)21-9-15(10-21)23-17(25)7-20-19(23)27/h3-5,13,15H,6-10H2,1-2H3,(H,20,27). The molecule has 1 unspecified atom stereocenters. The number of carbonyl (C=O) groups excluding carboxylic acids is 4. The third-order valence-electron chi connectivity index (χ3n) is 5.69. The number of nitrogens with zero attached hydrogens (tertiary/aromatic N) is 3. The van der Waals surface area contributed by atoms with Crippen molar-refractivity contribution >= 4 is 29.4 Å². The first-order valence-corrected chi connectivity index (χ1v) is 9.11. The summed E-state index contributed by atoms with van der Waals surface area (Å²) in [5, 5.41) is 2.49. The van der Waals surface area contributed by atoms with Crippen molar-refractivity contribution in [2.45, 2.75) is 26.3 Å². The van der Waals surface area contributed by atoms with Gasteiger partial charge in [-0.3, -0.25) is 19.3 Å². The number of benzene rings is 1. The minimum absolute atomic E-state index is 0.0192. The molecule has 1 aromatic carbocycles. The third-order valence-corrected chi connectivity index (χ3v) is 5.69. The largest absolute Gasteiger partial charge is 0.338 e. The Kier molecular flexibility index (Phi) is 4.13. The molecule has 0 spiro atoms. The number of nitrogens with one attached hydrogen (secondary N) is 1. The molecule has 8 nitrogen and oxygen atoms in total. The monoisotopic (exact) mass is 370 g/mol. The zero-order valence-electron chi connectivity index (χ0n) is 15.4. The maximum atomic E-state index is 12.7. The van der Waals surface area contributed by atoms with Gasteiger partial charge in [-0.1, -0.05) is 6.07 Å². The van der Waals surface area contributed by atoms with Crippen molar-refractivity contribution in [2.24, 2.45) is 5.92 Å². The van der Waals surface area contributed by atoms with Gasteiger partial charge in [0.25, 0.3) is 0 Å². The van der Waals surface area contributed by atoms with Crippen LogP contribution < -0.4 is 10.2 Å². The van der Waals surface area contributed by atoms with E-state index < -0.39 is 6.03 Å². The average molecular weight is 370 g/mol. The van der Waals surface area contributed by atoms with E-state index >= 15 is 0 Å². The molecule has 0 aliphatic carbocycles. The third kappa shape index (κ3) is 2.94. The number of imide groups is 1. The first-order valence-electron chi connectivity index (χ1n) is 9.11. The van der Waals surface area contributed by atoms with Gasteiger partial charge in [0.15, 0.2) is 0 Å². The Balaban J connectivity index is 1.38. The molecular weight excluding hydrogens is 348 g/mol. The average Bonchev–Trinajstić information content (AvgIpc) is 3.13. The molecule has 1 aromatic rings. The van der Waals surface area contributed by atoms with Gasteiger partial charge in [0.05, 0.1) is 18.5 Å². The number of hydrogen-bond acceptors (Lipinski definition) is 4. The molecule has 5 amide bonds. The fraction of sp³-hybridized carbons (Fsp3) is 0.474. The Labute approximate surface area is 157 Å². The van der Waals surface area contributed by atoms with Gasteiger partial charge in [0, 0.05) is 31.7 Å². The molecule has 1 atom stereocenters. The second-order valence-corrected chi connectivity index (χ2v) is 7.49. The second-order valence-electron chi connectivity index (χ2n) is 7.49. The Morgan fingerprint density at radius 1 is 1.04 bits per heavy atom. The van der Waals surface area contributed by atoms with Crippen molar-refractivity contribution in [2.75, 3.05) is 31.1 Å². The Bertz CT molecular complexity index is 830. The van der Waals surface area contributed by atoms with Crippen LogP contribution in [0.3, 0.4) is 0 Å². The fourth-order valence-corrected chi connectivity index (χ4v) is 3.88. The highest BCUT2D eigenvalue weighted by molar-refractivity contribution is 6.03. The van der Waals surface area contributed by atoms with Gasteiger partial charge in [0.1, 0.15) is 0 Å². The number of aryl methyl sites for hydroxylation is 2. The van der Waals surface area contributed by atoms with Crippen molar-refractivity contribution in [3.63, 3.8) is 0 Å². The lowest BCUT2D eigenvalue weighted by atomic mass is 10.0. The zero-order valence-corrected chi connectivity index (χ0v) is 15.4. The summed E-state index contributed by atoms with van der Waals surface area (Å²) in [5.41, 5.74) is 3.08. The quantitative estimate of drug-likeness (QED) is 0.781. The van der Waals surface area contributed by atoms with E-state index in [4.69, 9.17) is 0 Å². The van der Waals surface area contributed by atoms with E-state index in [1.165, 1.54) is 4.90 Å². The molecule has 3 aliphatic rings. The molecule has 142 valence electrons. The fourth-order valence-electron chi connectivity index (χ4n) is 3.88. The number of rotatable bonds is 3. The molecular formula is C19H22N4O4. The normalized spacial score (nSPS) is 23.1. The topological polar surface area (TPSA) is 90.0 Å². The van der Waals surface area contributed by atoms with Gasteiger partial charge in [-0.25, -0.2) is 4.79 Å². The number of anilines is 1. The van der Waals surface area contributed by atoms with E-state index in [-0.39, 0.29) is 42.6 Å². The van der Waals surface area contributed by atoms with E-state index in [0.717, 1.165) is 16.8 Å². The van der Waals surface area contributed by atoms with Crippen LogP contribution in [0.1, 0.15) is 17.5 Å². The molecule has 3 saturated heterocycles. The molecule has 8 heteroatoms. The lowest BCUT2D eigenvalue weighted by Gasteiger charge is -2.43. The van der Waals surface area contributed by atoms with Gasteiger partial charge in [-0.05, 0) is 37.1 Å². The van der Waals surface area contributed by atoms with Crippen LogP contribution in [0, 0.1) is 19.8 Å². The van der Waals surface area contributed by atoms with Gasteiger partial charge in [0.2, 0.25) is 17.7 Å². The summed E-state index contributed by atoms with van der Waals surface area (Å²) < 4.78 is 0. The van der Waals surface area contributed by atoms with Crippen molar-refractivity contribution in [3.8, 4) is 0 Å². The first-order chi connectivity index (χ1) is 12.8. The highest BCUT2D eigenvalue weighted by atomic mass is 16.2. The van der Waals surface area contributed by atoms with Crippen LogP contribution in [-0.2, 0) is 14.4 Å². The number of hydrogen-bond donors (Lipinski definition) is 1. The van der Waals surface area contributed by atoms with Crippen molar-refractivity contribution in [1.29, 1.82) is 0 Å². The first kappa shape index (κ1) is 17.5. The van der Waals surface area contributed by atoms with Crippen LogP contribution in [0.2, 0.25) is 0 Å². The number of likely N-dealkylation sites (tertiary alicyclic amines) is 1. The summed E-state index contributed by atoms with van der Waals surface area (Å²) in [6, 6.07) is 5.19. The van der Waals surface area contributed by atoms with E-state index in [9.17, 15) is 19.2 Å². The molecule has 27 heavy (non-hydrogen) atoms. The summed E-state index contributed by atoms with van der Waals surface area (Å²) in [5.74, 6) is -0.780. The Morgan fingerprint density at radius 3 is 2.41 bits per heavy atom. The Morgan fingerprint density at radius 2 is 1.78 bits per heavy atom. The highest BCUT2D eigenvalue weighted by Crippen LogP contribution is 2.29. The van der Waals surface area contributed by atoms with Gasteiger partial charge < -0.3 is 15.1 Å². The van der Waals surface area contributed by atoms with Crippen LogP contribution in [0.25, 0.3) is 0 Å². The SMILES string of the molecule is Cc1ccc(N2CC(C(=O)N3CC(N4C(=O)CNC4=O)C3)CC2=O)cc1C. The maximum Gasteiger partial charge on any atom is 0.324 e. The van der Waals surface area contributed by atoms with Crippen molar-refractivity contribution in [3.05, 3.63) is 29.3 Å². The maximum absolute atomic E-state index is 12.7. The molecule has 1 N–H and O–H groups in total. The smallest absolute Gasteiger partial charge is 0.324 e. The molecule has 3 fully saturated rings. The van der Waals surface area contributed by atoms with Crippen LogP contribution in [0.4, 0.5) is 10.5 Å².